The average Bonchev–Trinajstić information content (AvgIpc) is 2.29. The standard InChI is InChI=1S/C12H15BrN2O3/c13-9-7-8(12(14)18)4-5-10(9)15-6-2-1-3-11(16)17/h4-5,7,15H,1-3,6H2,(H2,14,18)(H,16,17). The number of benzene rings is 1. The molecule has 0 aliphatic carbocycles. The van der Waals surface area contributed by atoms with Gasteiger partial charge < -0.3 is 16.2 Å². The summed E-state index contributed by atoms with van der Waals surface area (Å²) in [5, 5.41) is 11.6. The van der Waals surface area contributed by atoms with Crippen LogP contribution in [0.4, 0.5) is 5.69 Å². The fourth-order valence-electron chi connectivity index (χ4n) is 1.44. The first kappa shape index (κ1) is 14.5. The van der Waals surface area contributed by atoms with Crippen molar-refractivity contribution >= 4 is 33.5 Å². The van der Waals surface area contributed by atoms with Crippen LogP contribution in [0.3, 0.4) is 0 Å². The minimum absolute atomic E-state index is 0.184. The molecule has 0 bridgehead atoms. The summed E-state index contributed by atoms with van der Waals surface area (Å²) in [4.78, 5) is 21.3. The van der Waals surface area contributed by atoms with Gasteiger partial charge in [0.25, 0.3) is 0 Å². The van der Waals surface area contributed by atoms with E-state index in [1.165, 1.54) is 0 Å². The molecular formula is C12H15BrN2O3. The molecule has 0 aromatic heterocycles. The predicted octanol–water partition coefficient (Wildman–Crippen LogP) is 2.21. The largest absolute Gasteiger partial charge is 0.481 e. The molecule has 5 nitrogen and oxygen atoms in total. The quantitative estimate of drug-likeness (QED) is 0.673. The summed E-state index contributed by atoms with van der Waals surface area (Å²) in [6.45, 7) is 0.682. The molecule has 0 saturated carbocycles. The molecule has 0 fully saturated rings. The van der Waals surface area contributed by atoms with Gasteiger partial charge in [-0.05, 0) is 47.0 Å². The van der Waals surface area contributed by atoms with Gasteiger partial charge in [-0.1, -0.05) is 0 Å². The number of amides is 1. The molecule has 1 aromatic carbocycles. The van der Waals surface area contributed by atoms with Crippen LogP contribution in [-0.4, -0.2) is 23.5 Å². The molecule has 0 spiro atoms. The van der Waals surface area contributed by atoms with Crippen LogP contribution in [-0.2, 0) is 4.79 Å². The molecule has 0 saturated heterocycles. The van der Waals surface area contributed by atoms with Crippen LogP contribution in [0.1, 0.15) is 29.6 Å². The van der Waals surface area contributed by atoms with E-state index in [9.17, 15) is 9.59 Å². The monoisotopic (exact) mass is 314 g/mol. The van der Waals surface area contributed by atoms with Crippen molar-refractivity contribution in [2.24, 2.45) is 5.73 Å². The number of nitrogens with two attached hydrogens (primary N) is 1. The lowest BCUT2D eigenvalue weighted by Crippen LogP contribution is -2.11. The van der Waals surface area contributed by atoms with Gasteiger partial charge >= 0.3 is 5.97 Å². The Bertz CT molecular complexity index is 449. The number of anilines is 1. The number of carboxylic acid groups (broad SMARTS) is 1. The molecule has 1 amide bonds. The molecule has 0 aliphatic rings. The van der Waals surface area contributed by atoms with Gasteiger partial charge in [-0.2, -0.15) is 0 Å². The van der Waals surface area contributed by atoms with Crippen molar-refractivity contribution in [3.63, 3.8) is 0 Å². The smallest absolute Gasteiger partial charge is 0.303 e. The van der Waals surface area contributed by atoms with E-state index in [1.54, 1.807) is 18.2 Å². The Balaban J connectivity index is 2.43. The number of primary amides is 1. The summed E-state index contributed by atoms with van der Waals surface area (Å²) >= 11 is 3.34. The normalized spacial score (nSPS) is 10.1. The number of carboxylic acids is 1. The van der Waals surface area contributed by atoms with Gasteiger partial charge in [0.1, 0.15) is 0 Å². The fraction of sp³-hybridized carbons (Fsp3) is 0.333. The van der Waals surface area contributed by atoms with Gasteiger partial charge in [-0.3, -0.25) is 9.59 Å². The maximum Gasteiger partial charge on any atom is 0.303 e. The highest BCUT2D eigenvalue weighted by atomic mass is 79.9. The number of carbonyl (C=O) groups is 2. The minimum atomic E-state index is -0.776. The molecule has 1 rings (SSSR count). The lowest BCUT2D eigenvalue weighted by molar-refractivity contribution is -0.137. The van der Waals surface area contributed by atoms with Crippen molar-refractivity contribution in [3.05, 3.63) is 28.2 Å². The Morgan fingerprint density at radius 2 is 2.06 bits per heavy atom. The van der Waals surface area contributed by atoms with Crippen LogP contribution >= 0.6 is 15.9 Å². The molecular weight excluding hydrogens is 300 g/mol. The summed E-state index contributed by atoms with van der Waals surface area (Å²) < 4.78 is 0.761. The SMILES string of the molecule is NC(=O)c1ccc(NCCCCC(=O)O)c(Br)c1. The third-order valence-electron chi connectivity index (χ3n) is 2.39. The van der Waals surface area contributed by atoms with Gasteiger partial charge in [-0.15, -0.1) is 0 Å². The van der Waals surface area contributed by atoms with Crippen molar-refractivity contribution in [2.75, 3.05) is 11.9 Å². The number of nitrogens with one attached hydrogen (secondary N) is 1. The number of carbonyl (C=O) groups excluding carboxylic acids is 1. The molecule has 0 radical (unpaired) electrons. The maximum atomic E-state index is 11.0. The zero-order valence-electron chi connectivity index (χ0n) is 9.78. The highest BCUT2D eigenvalue weighted by molar-refractivity contribution is 9.10. The summed E-state index contributed by atoms with van der Waals surface area (Å²) in [6, 6.07) is 5.07. The number of rotatable bonds is 7. The van der Waals surface area contributed by atoms with E-state index in [0.29, 0.717) is 18.5 Å². The van der Waals surface area contributed by atoms with Crippen molar-refractivity contribution in [2.45, 2.75) is 19.3 Å². The van der Waals surface area contributed by atoms with Crippen molar-refractivity contribution < 1.29 is 14.7 Å². The van der Waals surface area contributed by atoms with Crippen molar-refractivity contribution in [1.82, 2.24) is 0 Å². The van der Waals surface area contributed by atoms with E-state index in [4.69, 9.17) is 10.8 Å². The number of hydrogen-bond donors (Lipinski definition) is 3. The van der Waals surface area contributed by atoms with Gasteiger partial charge in [0.2, 0.25) is 5.91 Å². The molecule has 0 atom stereocenters. The van der Waals surface area contributed by atoms with Gasteiger partial charge in [-0.25, -0.2) is 0 Å². The fourth-order valence-corrected chi connectivity index (χ4v) is 1.95. The topological polar surface area (TPSA) is 92.4 Å². The second-order valence-electron chi connectivity index (χ2n) is 3.84. The Hall–Kier alpha value is -1.56. The Labute approximate surface area is 113 Å². The van der Waals surface area contributed by atoms with Crippen LogP contribution in [0.2, 0.25) is 0 Å². The highest BCUT2D eigenvalue weighted by Gasteiger charge is 2.04. The van der Waals surface area contributed by atoms with Crippen molar-refractivity contribution in [3.8, 4) is 0 Å². The Morgan fingerprint density at radius 1 is 1.33 bits per heavy atom. The van der Waals surface area contributed by atoms with Crippen LogP contribution in [0.15, 0.2) is 22.7 Å². The number of aliphatic carboxylic acids is 1. The molecule has 0 aliphatic heterocycles. The average molecular weight is 315 g/mol. The first-order chi connectivity index (χ1) is 8.50. The lowest BCUT2D eigenvalue weighted by atomic mass is 10.2. The van der Waals surface area contributed by atoms with Crippen LogP contribution in [0.25, 0.3) is 0 Å². The maximum absolute atomic E-state index is 11.0. The second kappa shape index (κ2) is 7.00. The van der Waals surface area contributed by atoms with E-state index < -0.39 is 11.9 Å². The zero-order valence-corrected chi connectivity index (χ0v) is 11.4. The molecule has 0 unspecified atom stereocenters. The summed E-state index contributed by atoms with van der Waals surface area (Å²) in [5.74, 6) is -1.24. The number of hydrogen-bond acceptors (Lipinski definition) is 3. The highest BCUT2D eigenvalue weighted by Crippen LogP contribution is 2.23. The lowest BCUT2D eigenvalue weighted by Gasteiger charge is -2.09. The van der Waals surface area contributed by atoms with Gasteiger partial charge in [0, 0.05) is 28.7 Å². The molecule has 1 aromatic rings. The molecule has 4 N–H and O–H groups in total. The Morgan fingerprint density at radius 3 is 2.61 bits per heavy atom. The van der Waals surface area contributed by atoms with E-state index in [-0.39, 0.29) is 6.42 Å². The van der Waals surface area contributed by atoms with E-state index >= 15 is 0 Å². The summed E-state index contributed by atoms with van der Waals surface area (Å²) in [6.07, 6.45) is 1.60. The Kier molecular flexibility index (Phi) is 5.64. The molecule has 0 heterocycles. The van der Waals surface area contributed by atoms with Crippen molar-refractivity contribution in [1.29, 1.82) is 0 Å². The van der Waals surface area contributed by atoms with E-state index in [2.05, 4.69) is 21.2 Å². The van der Waals surface area contributed by atoms with Crippen LogP contribution < -0.4 is 11.1 Å². The predicted molar refractivity (Wildman–Crippen MR) is 72.6 cm³/mol. The van der Waals surface area contributed by atoms with Gasteiger partial charge in [0.05, 0.1) is 0 Å². The third-order valence-corrected chi connectivity index (χ3v) is 3.04. The van der Waals surface area contributed by atoms with Crippen LogP contribution in [0, 0.1) is 0 Å². The first-order valence-electron chi connectivity index (χ1n) is 5.55. The zero-order chi connectivity index (χ0) is 13.5. The van der Waals surface area contributed by atoms with E-state index in [0.717, 1.165) is 16.6 Å². The second-order valence-corrected chi connectivity index (χ2v) is 4.69. The molecule has 6 heteroatoms. The van der Waals surface area contributed by atoms with Gasteiger partial charge in [0.15, 0.2) is 0 Å². The number of unbranched alkanes of at least 4 members (excludes halogenated alkanes) is 1. The summed E-state index contributed by atoms with van der Waals surface area (Å²) in [7, 11) is 0. The minimum Gasteiger partial charge on any atom is -0.481 e. The summed E-state index contributed by atoms with van der Waals surface area (Å²) in [5.41, 5.74) is 6.46. The molecule has 98 valence electrons. The molecule has 18 heavy (non-hydrogen) atoms. The number of halogens is 1. The van der Waals surface area contributed by atoms with Crippen LogP contribution in [0.5, 0.6) is 0 Å². The third kappa shape index (κ3) is 4.75. The van der Waals surface area contributed by atoms with E-state index in [1.807, 2.05) is 0 Å². The first-order valence-corrected chi connectivity index (χ1v) is 6.35.